The quantitative estimate of drug-likeness (QED) is 0.690. The SMILES string of the molecule is CSC(C)CNC(=O)NC1(CC(=O)O)CCCC1. The van der Waals surface area contributed by atoms with E-state index in [1.807, 2.05) is 13.2 Å². The highest BCUT2D eigenvalue weighted by atomic mass is 32.2. The maximum atomic E-state index is 11.8. The van der Waals surface area contributed by atoms with Crippen LogP contribution in [0.2, 0.25) is 0 Å². The van der Waals surface area contributed by atoms with Crippen molar-refractivity contribution >= 4 is 23.8 Å². The molecule has 0 aromatic rings. The van der Waals surface area contributed by atoms with Crippen molar-refractivity contribution in [3.8, 4) is 0 Å². The van der Waals surface area contributed by atoms with E-state index < -0.39 is 11.5 Å². The van der Waals surface area contributed by atoms with Crippen LogP contribution in [0.4, 0.5) is 4.79 Å². The number of urea groups is 1. The molecule has 104 valence electrons. The van der Waals surface area contributed by atoms with Crippen molar-refractivity contribution < 1.29 is 14.7 Å². The standard InChI is InChI=1S/C12H22N2O3S/c1-9(18-2)8-13-11(17)14-12(7-10(15)16)5-3-4-6-12/h9H,3-8H2,1-2H3,(H,15,16)(H2,13,14,17). The van der Waals surface area contributed by atoms with Crippen LogP contribution in [0.5, 0.6) is 0 Å². The van der Waals surface area contributed by atoms with Gasteiger partial charge in [-0.15, -0.1) is 0 Å². The average Bonchev–Trinajstić information content (AvgIpc) is 2.73. The Bertz CT molecular complexity index is 304. The number of hydrogen-bond acceptors (Lipinski definition) is 3. The first-order valence-electron chi connectivity index (χ1n) is 6.28. The number of thioether (sulfide) groups is 1. The number of carbonyl (C=O) groups is 2. The van der Waals surface area contributed by atoms with E-state index in [-0.39, 0.29) is 12.5 Å². The summed E-state index contributed by atoms with van der Waals surface area (Å²) in [6.45, 7) is 2.63. The van der Waals surface area contributed by atoms with Crippen molar-refractivity contribution in [3.63, 3.8) is 0 Å². The van der Waals surface area contributed by atoms with Crippen LogP contribution in [0.25, 0.3) is 0 Å². The summed E-state index contributed by atoms with van der Waals surface area (Å²) in [6, 6.07) is -0.251. The molecule has 6 heteroatoms. The fourth-order valence-electron chi connectivity index (χ4n) is 2.29. The third kappa shape index (κ3) is 4.76. The van der Waals surface area contributed by atoms with Gasteiger partial charge in [-0.2, -0.15) is 11.8 Å². The Kier molecular flexibility index (Phi) is 5.78. The van der Waals surface area contributed by atoms with Gasteiger partial charge in [-0.1, -0.05) is 19.8 Å². The van der Waals surface area contributed by atoms with Crippen molar-refractivity contribution in [2.24, 2.45) is 0 Å². The van der Waals surface area contributed by atoms with Gasteiger partial charge in [0, 0.05) is 11.8 Å². The first-order chi connectivity index (χ1) is 8.47. The zero-order valence-electron chi connectivity index (χ0n) is 11.0. The molecule has 1 rings (SSSR count). The molecular weight excluding hydrogens is 252 g/mol. The molecule has 0 spiro atoms. The summed E-state index contributed by atoms with van der Waals surface area (Å²) >= 11 is 1.68. The first kappa shape index (κ1) is 15.1. The third-order valence-corrected chi connectivity index (χ3v) is 4.35. The monoisotopic (exact) mass is 274 g/mol. The number of rotatable bonds is 6. The lowest BCUT2D eigenvalue weighted by Gasteiger charge is -2.29. The Balaban J connectivity index is 2.46. The van der Waals surface area contributed by atoms with Crippen LogP contribution in [0.15, 0.2) is 0 Å². The molecule has 0 bridgehead atoms. The molecule has 1 aliphatic carbocycles. The van der Waals surface area contributed by atoms with E-state index in [0.29, 0.717) is 11.8 Å². The maximum absolute atomic E-state index is 11.8. The Morgan fingerprint density at radius 1 is 1.39 bits per heavy atom. The minimum Gasteiger partial charge on any atom is -0.481 e. The van der Waals surface area contributed by atoms with Crippen LogP contribution < -0.4 is 10.6 Å². The number of carbonyl (C=O) groups excluding carboxylic acids is 1. The molecule has 3 N–H and O–H groups in total. The highest BCUT2D eigenvalue weighted by Crippen LogP contribution is 2.32. The van der Waals surface area contributed by atoms with Crippen molar-refractivity contribution in [3.05, 3.63) is 0 Å². The number of hydrogen-bond donors (Lipinski definition) is 3. The van der Waals surface area contributed by atoms with Crippen molar-refractivity contribution in [1.82, 2.24) is 10.6 Å². The molecule has 2 amide bonds. The Morgan fingerprint density at radius 3 is 2.50 bits per heavy atom. The topological polar surface area (TPSA) is 78.4 Å². The van der Waals surface area contributed by atoms with Crippen LogP contribution in [0.3, 0.4) is 0 Å². The predicted molar refractivity (Wildman–Crippen MR) is 73.0 cm³/mol. The van der Waals surface area contributed by atoms with E-state index in [4.69, 9.17) is 5.11 Å². The first-order valence-corrected chi connectivity index (χ1v) is 7.57. The van der Waals surface area contributed by atoms with Gasteiger partial charge in [-0.25, -0.2) is 4.79 Å². The number of carboxylic acids is 1. The summed E-state index contributed by atoms with van der Waals surface area (Å²) in [4.78, 5) is 22.7. The molecule has 18 heavy (non-hydrogen) atoms. The van der Waals surface area contributed by atoms with Gasteiger partial charge in [-0.3, -0.25) is 4.79 Å². The van der Waals surface area contributed by atoms with Crippen molar-refractivity contribution in [2.75, 3.05) is 12.8 Å². The predicted octanol–water partition coefficient (Wildman–Crippen LogP) is 1.82. The summed E-state index contributed by atoms with van der Waals surface area (Å²) in [6.07, 6.45) is 5.48. The molecular formula is C12H22N2O3S. The second kappa shape index (κ2) is 6.87. The van der Waals surface area contributed by atoms with Gasteiger partial charge in [0.1, 0.15) is 0 Å². The lowest BCUT2D eigenvalue weighted by molar-refractivity contribution is -0.138. The van der Waals surface area contributed by atoms with Crippen LogP contribution in [-0.4, -0.2) is 40.7 Å². The van der Waals surface area contributed by atoms with E-state index in [9.17, 15) is 9.59 Å². The molecule has 0 saturated heterocycles. The molecule has 1 fully saturated rings. The van der Waals surface area contributed by atoms with Crippen LogP contribution in [-0.2, 0) is 4.79 Å². The third-order valence-electron chi connectivity index (χ3n) is 3.38. The molecule has 0 heterocycles. The largest absolute Gasteiger partial charge is 0.481 e. The molecule has 1 atom stereocenters. The van der Waals surface area contributed by atoms with Crippen molar-refractivity contribution in [2.45, 2.75) is 49.8 Å². The summed E-state index contributed by atoms with van der Waals surface area (Å²) in [5.41, 5.74) is -0.543. The average molecular weight is 274 g/mol. The second-order valence-corrected chi connectivity index (χ2v) is 6.22. The summed E-state index contributed by atoms with van der Waals surface area (Å²) in [5.74, 6) is -0.852. The van der Waals surface area contributed by atoms with Crippen LogP contribution in [0, 0.1) is 0 Å². The highest BCUT2D eigenvalue weighted by Gasteiger charge is 2.37. The van der Waals surface area contributed by atoms with Gasteiger partial charge >= 0.3 is 12.0 Å². The van der Waals surface area contributed by atoms with Gasteiger partial charge in [0.2, 0.25) is 0 Å². The lowest BCUT2D eigenvalue weighted by atomic mass is 9.93. The van der Waals surface area contributed by atoms with Gasteiger partial charge in [0.15, 0.2) is 0 Å². The molecule has 0 aromatic carbocycles. The zero-order chi connectivity index (χ0) is 13.6. The molecule has 5 nitrogen and oxygen atoms in total. The van der Waals surface area contributed by atoms with E-state index in [1.54, 1.807) is 11.8 Å². The fourth-order valence-corrected chi connectivity index (χ4v) is 2.54. The Labute approximate surface area is 112 Å². The number of carboxylic acid groups (broad SMARTS) is 1. The lowest BCUT2D eigenvalue weighted by Crippen LogP contribution is -2.52. The van der Waals surface area contributed by atoms with E-state index in [1.165, 1.54) is 0 Å². The molecule has 0 aliphatic heterocycles. The molecule has 1 unspecified atom stereocenters. The fraction of sp³-hybridized carbons (Fsp3) is 0.833. The summed E-state index contributed by atoms with van der Waals surface area (Å²) in [7, 11) is 0. The van der Waals surface area contributed by atoms with Gasteiger partial charge in [0.05, 0.1) is 12.0 Å². The Hall–Kier alpha value is -0.910. The summed E-state index contributed by atoms with van der Waals surface area (Å²) < 4.78 is 0. The smallest absolute Gasteiger partial charge is 0.315 e. The molecule has 0 radical (unpaired) electrons. The minimum atomic E-state index is -0.852. The second-order valence-electron chi connectivity index (χ2n) is 4.94. The van der Waals surface area contributed by atoms with Gasteiger partial charge in [0.25, 0.3) is 0 Å². The van der Waals surface area contributed by atoms with Crippen LogP contribution >= 0.6 is 11.8 Å². The highest BCUT2D eigenvalue weighted by molar-refractivity contribution is 7.99. The minimum absolute atomic E-state index is 0.0124. The zero-order valence-corrected chi connectivity index (χ0v) is 11.8. The Morgan fingerprint density at radius 2 is 2.00 bits per heavy atom. The molecule has 1 saturated carbocycles. The van der Waals surface area contributed by atoms with E-state index >= 15 is 0 Å². The number of nitrogens with one attached hydrogen (secondary N) is 2. The van der Waals surface area contributed by atoms with Gasteiger partial charge in [-0.05, 0) is 19.1 Å². The van der Waals surface area contributed by atoms with Crippen LogP contribution in [0.1, 0.15) is 39.0 Å². The number of amides is 2. The van der Waals surface area contributed by atoms with E-state index in [2.05, 4.69) is 10.6 Å². The number of aliphatic carboxylic acids is 1. The van der Waals surface area contributed by atoms with Gasteiger partial charge < -0.3 is 15.7 Å². The molecule has 1 aliphatic rings. The molecule has 0 aromatic heterocycles. The van der Waals surface area contributed by atoms with E-state index in [0.717, 1.165) is 25.7 Å². The normalized spacial score (nSPS) is 19.2. The maximum Gasteiger partial charge on any atom is 0.315 e. The van der Waals surface area contributed by atoms with Crippen molar-refractivity contribution in [1.29, 1.82) is 0 Å². The summed E-state index contributed by atoms with van der Waals surface area (Å²) in [5, 5.41) is 14.9.